The number of hydrogen-bond donors (Lipinski definition) is 1. The van der Waals surface area contributed by atoms with Crippen LogP contribution in [0.3, 0.4) is 0 Å². The monoisotopic (exact) mass is 272 g/mol. The van der Waals surface area contributed by atoms with Crippen molar-refractivity contribution in [3.63, 3.8) is 0 Å². The van der Waals surface area contributed by atoms with E-state index in [4.69, 9.17) is 17.3 Å². The predicted octanol–water partition coefficient (Wildman–Crippen LogP) is 1.75. The molecule has 0 atom stereocenters. The summed E-state index contributed by atoms with van der Waals surface area (Å²) < 4.78 is 1.84. The molecular weight excluding hydrogens is 262 g/mol. The van der Waals surface area contributed by atoms with E-state index in [1.165, 1.54) is 6.33 Å². The first kappa shape index (κ1) is 11.8. The summed E-state index contributed by atoms with van der Waals surface area (Å²) in [6.07, 6.45) is 5.02. The summed E-state index contributed by atoms with van der Waals surface area (Å²) in [7, 11) is 1.89. The molecular formula is C13H11ClN5+. The fourth-order valence-corrected chi connectivity index (χ4v) is 2.15. The largest absolute Gasteiger partial charge is 0.383 e. The van der Waals surface area contributed by atoms with E-state index in [0.717, 1.165) is 16.5 Å². The van der Waals surface area contributed by atoms with Gasteiger partial charge in [0.15, 0.2) is 11.8 Å². The normalized spacial score (nSPS) is 10.8. The fourth-order valence-electron chi connectivity index (χ4n) is 1.92. The lowest BCUT2D eigenvalue weighted by atomic mass is 10.1. The average Bonchev–Trinajstić information content (AvgIpc) is 2.42. The molecule has 3 aromatic rings. The Morgan fingerprint density at radius 2 is 2.11 bits per heavy atom. The minimum Gasteiger partial charge on any atom is -0.383 e. The summed E-state index contributed by atoms with van der Waals surface area (Å²) in [5, 5.41) is 1.36. The van der Waals surface area contributed by atoms with Crippen molar-refractivity contribution in [3.8, 4) is 11.1 Å². The van der Waals surface area contributed by atoms with Crippen LogP contribution in [0.2, 0.25) is 5.15 Å². The molecule has 0 unspecified atom stereocenters. The molecule has 0 amide bonds. The fraction of sp³-hybridized carbons (Fsp3) is 0.0769. The first-order valence-corrected chi connectivity index (χ1v) is 6.05. The van der Waals surface area contributed by atoms with E-state index in [9.17, 15) is 0 Å². The number of nitrogen functional groups attached to an aromatic ring is 1. The highest BCUT2D eigenvalue weighted by molar-refractivity contribution is 6.31. The molecule has 0 aliphatic rings. The maximum atomic E-state index is 6.29. The Hall–Kier alpha value is -2.27. The van der Waals surface area contributed by atoms with Crippen molar-refractivity contribution in [2.75, 3.05) is 5.73 Å². The van der Waals surface area contributed by atoms with E-state index in [2.05, 4.69) is 15.0 Å². The van der Waals surface area contributed by atoms with Crippen molar-refractivity contribution >= 4 is 28.5 Å². The highest BCUT2D eigenvalue weighted by atomic mass is 35.5. The van der Waals surface area contributed by atoms with Gasteiger partial charge in [0.2, 0.25) is 0 Å². The number of rotatable bonds is 1. The van der Waals surface area contributed by atoms with Crippen LogP contribution in [0.4, 0.5) is 5.82 Å². The van der Waals surface area contributed by atoms with Gasteiger partial charge in [-0.15, -0.1) is 0 Å². The van der Waals surface area contributed by atoms with Crippen LogP contribution < -0.4 is 10.3 Å². The third kappa shape index (κ3) is 1.98. The number of nitrogens with zero attached hydrogens (tertiary/aromatic N) is 4. The van der Waals surface area contributed by atoms with Gasteiger partial charge in [0.25, 0.3) is 5.15 Å². The highest BCUT2D eigenvalue weighted by Gasteiger charge is 2.13. The molecule has 94 valence electrons. The Kier molecular flexibility index (Phi) is 2.76. The lowest BCUT2D eigenvalue weighted by Crippen LogP contribution is -2.28. The molecule has 19 heavy (non-hydrogen) atoms. The van der Waals surface area contributed by atoms with Crippen molar-refractivity contribution in [3.05, 3.63) is 42.1 Å². The van der Waals surface area contributed by atoms with Crippen molar-refractivity contribution in [2.45, 2.75) is 0 Å². The molecule has 0 bridgehead atoms. The topological polar surface area (TPSA) is 68.6 Å². The summed E-state index contributed by atoms with van der Waals surface area (Å²) >= 11 is 6.29. The molecule has 0 saturated carbocycles. The number of aromatic nitrogens is 4. The van der Waals surface area contributed by atoms with Gasteiger partial charge in [-0.2, -0.15) is 4.57 Å². The SMILES string of the molecule is C[n+]1cccc(-c2cnc3ncnc(N)c3c2)c1Cl. The van der Waals surface area contributed by atoms with Crippen molar-refractivity contribution in [1.82, 2.24) is 15.0 Å². The molecule has 0 radical (unpaired) electrons. The van der Waals surface area contributed by atoms with Gasteiger partial charge < -0.3 is 5.73 Å². The van der Waals surface area contributed by atoms with Crippen molar-refractivity contribution < 1.29 is 4.57 Å². The van der Waals surface area contributed by atoms with Gasteiger partial charge >= 0.3 is 0 Å². The van der Waals surface area contributed by atoms with Crippen LogP contribution in [0.25, 0.3) is 22.2 Å². The molecule has 5 nitrogen and oxygen atoms in total. The minimum absolute atomic E-state index is 0.413. The van der Waals surface area contributed by atoms with Gasteiger partial charge in [-0.1, -0.05) is 0 Å². The van der Waals surface area contributed by atoms with E-state index in [1.807, 2.05) is 36.0 Å². The molecule has 3 aromatic heterocycles. The standard InChI is InChI=1S/C13H11ClN5/c1-19-4-2-3-9(11(19)14)8-5-10-12(15)17-7-18-13(10)16-6-8/h2-7H,1H3,(H2,15,16,17,18)/q+1. The smallest absolute Gasteiger partial charge is 0.282 e. The first-order chi connectivity index (χ1) is 9.16. The first-order valence-electron chi connectivity index (χ1n) is 5.67. The van der Waals surface area contributed by atoms with Crippen molar-refractivity contribution in [1.29, 1.82) is 0 Å². The van der Waals surface area contributed by atoms with E-state index in [0.29, 0.717) is 16.6 Å². The van der Waals surface area contributed by atoms with Crippen LogP contribution in [0.5, 0.6) is 0 Å². The summed E-state index contributed by atoms with van der Waals surface area (Å²) in [4.78, 5) is 12.3. The van der Waals surface area contributed by atoms with E-state index in [1.54, 1.807) is 6.20 Å². The molecule has 0 saturated heterocycles. The van der Waals surface area contributed by atoms with Crippen molar-refractivity contribution in [2.24, 2.45) is 7.05 Å². The van der Waals surface area contributed by atoms with Crippen LogP contribution >= 0.6 is 11.6 Å². The molecule has 2 N–H and O–H groups in total. The number of halogens is 1. The number of fused-ring (bicyclic) bond motifs is 1. The van der Waals surface area contributed by atoms with Crippen LogP contribution in [0.15, 0.2) is 36.9 Å². The van der Waals surface area contributed by atoms with Crippen LogP contribution in [-0.2, 0) is 7.05 Å². The Morgan fingerprint density at radius 1 is 1.26 bits per heavy atom. The van der Waals surface area contributed by atoms with Gasteiger partial charge in [-0.25, -0.2) is 15.0 Å². The Balaban J connectivity index is 2.26. The molecule has 0 fully saturated rings. The maximum Gasteiger partial charge on any atom is 0.282 e. The Morgan fingerprint density at radius 3 is 2.95 bits per heavy atom. The summed E-state index contributed by atoms with van der Waals surface area (Å²) in [6, 6.07) is 5.76. The number of anilines is 1. The van der Waals surface area contributed by atoms with Gasteiger partial charge in [-0.3, -0.25) is 0 Å². The second kappa shape index (κ2) is 4.44. The summed E-state index contributed by atoms with van der Waals surface area (Å²) in [5.41, 5.74) is 8.20. The average molecular weight is 273 g/mol. The molecule has 6 heteroatoms. The van der Waals surface area contributed by atoms with E-state index in [-0.39, 0.29) is 0 Å². The quantitative estimate of drug-likeness (QED) is 0.541. The molecule has 0 aliphatic carbocycles. The highest BCUT2D eigenvalue weighted by Crippen LogP contribution is 2.27. The molecule has 3 heterocycles. The maximum absolute atomic E-state index is 6.29. The second-order valence-electron chi connectivity index (χ2n) is 4.18. The van der Waals surface area contributed by atoms with Crippen LogP contribution in [0, 0.1) is 0 Å². The number of hydrogen-bond acceptors (Lipinski definition) is 4. The van der Waals surface area contributed by atoms with Crippen LogP contribution in [-0.4, -0.2) is 15.0 Å². The molecule has 0 spiro atoms. The third-order valence-electron chi connectivity index (χ3n) is 2.93. The third-order valence-corrected chi connectivity index (χ3v) is 3.41. The second-order valence-corrected chi connectivity index (χ2v) is 4.54. The lowest BCUT2D eigenvalue weighted by Gasteiger charge is -2.04. The van der Waals surface area contributed by atoms with Gasteiger partial charge in [-0.05, 0) is 23.7 Å². The molecule has 3 rings (SSSR count). The summed E-state index contributed by atoms with van der Waals surface area (Å²) in [5.74, 6) is 0.413. The Labute approximate surface area is 114 Å². The van der Waals surface area contributed by atoms with Gasteiger partial charge in [0, 0.05) is 17.8 Å². The molecule has 0 aromatic carbocycles. The predicted molar refractivity (Wildman–Crippen MR) is 73.4 cm³/mol. The van der Waals surface area contributed by atoms with E-state index < -0.39 is 0 Å². The van der Waals surface area contributed by atoms with Crippen LogP contribution in [0.1, 0.15) is 0 Å². The minimum atomic E-state index is 0.413. The van der Waals surface area contributed by atoms with Gasteiger partial charge in [0.05, 0.1) is 10.9 Å². The zero-order chi connectivity index (χ0) is 13.4. The van der Waals surface area contributed by atoms with E-state index >= 15 is 0 Å². The number of pyridine rings is 2. The molecule has 0 aliphatic heterocycles. The zero-order valence-corrected chi connectivity index (χ0v) is 11.0. The number of aryl methyl sites for hydroxylation is 1. The number of nitrogens with two attached hydrogens (primary N) is 1. The summed E-state index contributed by atoms with van der Waals surface area (Å²) in [6.45, 7) is 0. The zero-order valence-electron chi connectivity index (χ0n) is 10.2. The Bertz CT molecular complexity index is 772. The van der Waals surface area contributed by atoms with Gasteiger partial charge in [0.1, 0.15) is 19.2 Å². The lowest BCUT2D eigenvalue weighted by molar-refractivity contribution is -0.668.